The number of nitrogens with zero attached hydrogens (tertiary/aromatic N) is 1. The number of alkyl halides is 3. The van der Waals surface area contributed by atoms with Gasteiger partial charge in [0.15, 0.2) is 5.83 Å². The number of hydrogen-bond donors (Lipinski definition) is 1. The Kier molecular flexibility index (Phi) is 2.28. The molecular weight excluding hydrogens is 188 g/mol. The van der Waals surface area contributed by atoms with E-state index in [1.54, 1.807) is 0 Å². The van der Waals surface area contributed by atoms with Crippen LogP contribution in [0.15, 0.2) is 23.7 Å². The number of halogens is 4. The molecule has 1 atom stereocenters. The SMILES string of the molecule is N#CC1C=C(C(F)(F)F)C(F)=CN1. The molecular formula is C7H4F4N2. The zero-order valence-corrected chi connectivity index (χ0v) is 6.19. The molecule has 0 radical (unpaired) electrons. The summed E-state index contributed by atoms with van der Waals surface area (Å²) >= 11 is 0. The van der Waals surface area contributed by atoms with Crippen LogP contribution in [-0.4, -0.2) is 12.2 Å². The molecule has 0 saturated carbocycles. The van der Waals surface area contributed by atoms with Crippen LogP contribution < -0.4 is 5.32 Å². The second-order valence-electron chi connectivity index (χ2n) is 2.34. The number of dihydropyridines is 1. The monoisotopic (exact) mass is 192 g/mol. The lowest BCUT2D eigenvalue weighted by Gasteiger charge is -2.16. The van der Waals surface area contributed by atoms with Crippen molar-refractivity contribution >= 4 is 0 Å². The first kappa shape index (κ1) is 9.58. The molecule has 0 fully saturated rings. The van der Waals surface area contributed by atoms with E-state index in [1.165, 1.54) is 6.07 Å². The van der Waals surface area contributed by atoms with Gasteiger partial charge in [0.05, 0.1) is 11.6 Å². The van der Waals surface area contributed by atoms with Gasteiger partial charge in [-0.25, -0.2) is 4.39 Å². The van der Waals surface area contributed by atoms with Gasteiger partial charge in [0.25, 0.3) is 0 Å². The maximum absolute atomic E-state index is 12.6. The zero-order chi connectivity index (χ0) is 10.1. The van der Waals surface area contributed by atoms with Crippen LogP contribution in [0.2, 0.25) is 0 Å². The van der Waals surface area contributed by atoms with Gasteiger partial charge in [-0.05, 0) is 6.08 Å². The molecule has 1 aliphatic rings. The average molecular weight is 192 g/mol. The Morgan fingerprint density at radius 1 is 1.46 bits per heavy atom. The van der Waals surface area contributed by atoms with Crippen molar-refractivity contribution in [3.63, 3.8) is 0 Å². The van der Waals surface area contributed by atoms with Gasteiger partial charge in [0.2, 0.25) is 0 Å². The Hall–Kier alpha value is -1.51. The predicted octanol–water partition coefficient (Wildman–Crippen LogP) is 1.78. The molecule has 1 heterocycles. The molecule has 0 aliphatic carbocycles. The van der Waals surface area contributed by atoms with Crippen molar-refractivity contribution in [2.75, 3.05) is 0 Å². The fraction of sp³-hybridized carbons (Fsp3) is 0.286. The minimum absolute atomic E-state index is 0.509. The van der Waals surface area contributed by atoms with Crippen molar-refractivity contribution in [2.45, 2.75) is 12.2 Å². The van der Waals surface area contributed by atoms with E-state index in [1.807, 2.05) is 0 Å². The quantitative estimate of drug-likeness (QED) is 0.594. The molecule has 0 saturated heterocycles. The third-order valence-electron chi connectivity index (χ3n) is 1.42. The number of rotatable bonds is 0. The molecule has 0 spiro atoms. The molecule has 70 valence electrons. The van der Waals surface area contributed by atoms with Crippen molar-refractivity contribution in [3.05, 3.63) is 23.7 Å². The largest absolute Gasteiger partial charge is 0.419 e. The van der Waals surface area contributed by atoms with E-state index < -0.39 is 23.6 Å². The van der Waals surface area contributed by atoms with E-state index >= 15 is 0 Å². The molecule has 13 heavy (non-hydrogen) atoms. The fourth-order valence-electron chi connectivity index (χ4n) is 0.840. The van der Waals surface area contributed by atoms with Crippen LogP contribution in [0.4, 0.5) is 17.6 Å². The minimum atomic E-state index is -4.75. The first-order chi connectivity index (χ1) is 5.95. The molecule has 1 aliphatic heterocycles. The van der Waals surface area contributed by atoms with Gasteiger partial charge in [-0.15, -0.1) is 0 Å². The summed E-state index contributed by atoms with van der Waals surface area (Å²) in [5.74, 6) is -1.40. The molecule has 6 heteroatoms. The molecule has 2 nitrogen and oxygen atoms in total. The van der Waals surface area contributed by atoms with Gasteiger partial charge in [0.1, 0.15) is 6.04 Å². The summed E-state index contributed by atoms with van der Waals surface area (Å²) in [7, 11) is 0. The van der Waals surface area contributed by atoms with Crippen LogP contribution in [0.5, 0.6) is 0 Å². The third-order valence-corrected chi connectivity index (χ3v) is 1.42. The van der Waals surface area contributed by atoms with Crippen molar-refractivity contribution < 1.29 is 17.6 Å². The molecule has 1 rings (SSSR count). The molecule has 1 N–H and O–H groups in total. The molecule has 0 aromatic carbocycles. The molecule has 1 unspecified atom stereocenters. The Bertz CT molecular complexity index is 307. The van der Waals surface area contributed by atoms with Crippen molar-refractivity contribution in [1.82, 2.24) is 5.32 Å². The highest BCUT2D eigenvalue weighted by Gasteiger charge is 2.38. The number of hydrogen-bond acceptors (Lipinski definition) is 2. The van der Waals surface area contributed by atoms with E-state index in [2.05, 4.69) is 5.32 Å². The lowest BCUT2D eigenvalue weighted by atomic mass is 10.1. The first-order valence-corrected chi connectivity index (χ1v) is 3.26. The summed E-state index contributed by atoms with van der Waals surface area (Å²) < 4.78 is 48.6. The molecule has 0 bridgehead atoms. The van der Waals surface area contributed by atoms with Crippen molar-refractivity contribution in [1.29, 1.82) is 5.26 Å². The summed E-state index contributed by atoms with van der Waals surface area (Å²) in [5, 5.41) is 10.4. The minimum Gasteiger partial charge on any atom is -0.370 e. The summed E-state index contributed by atoms with van der Waals surface area (Å²) in [6.07, 6.45) is -3.70. The highest BCUT2D eigenvalue weighted by atomic mass is 19.4. The predicted molar refractivity (Wildman–Crippen MR) is 35.9 cm³/mol. The lowest BCUT2D eigenvalue weighted by molar-refractivity contribution is -0.0916. The van der Waals surface area contributed by atoms with Crippen LogP contribution >= 0.6 is 0 Å². The molecule has 0 aromatic rings. The average Bonchev–Trinajstić information content (AvgIpc) is 2.03. The van der Waals surface area contributed by atoms with Gasteiger partial charge in [-0.1, -0.05) is 0 Å². The zero-order valence-electron chi connectivity index (χ0n) is 6.19. The number of allylic oxidation sites excluding steroid dienone is 2. The summed E-state index contributed by atoms with van der Waals surface area (Å²) in [5.41, 5.74) is -1.40. The van der Waals surface area contributed by atoms with Crippen LogP contribution in [0.3, 0.4) is 0 Å². The summed E-state index contributed by atoms with van der Waals surface area (Å²) in [6, 6.07) is 0.399. The van der Waals surface area contributed by atoms with Gasteiger partial charge in [-0.3, -0.25) is 0 Å². The maximum atomic E-state index is 12.6. The Labute approximate surface area is 71.1 Å². The van der Waals surface area contributed by atoms with E-state index in [-0.39, 0.29) is 0 Å². The maximum Gasteiger partial charge on any atom is 0.419 e. The lowest BCUT2D eigenvalue weighted by Crippen LogP contribution is -2.28. The summed E-state index contributed by atoms with van der Waals surface area (Å²) in [6.45, 7) is 0. The van der Waals surface area contributed by atoms with Crippen LogP contribution in [0.25, 0.3) is 0 Å². The molecule has 0 amide bonds. The highest BCUT2D eigenvalue weighted by molar-refractivity contribution is 5.36. The van der Waals surface area contributed by atoms with Crippen LogP contribution in [0.1, 0.15) is 0 Å². The van der Waals surface area contributed by atoms with Crippen LogP contribution in [0, 0.1) is 11.3 Å². The van der Waals surface area contributed by atoms with Crippen molar-refractivity contribution in [3.8, 4) is 6.07 Å². The van der Waals surface area contributed by atoms with Gasteiger partial charge in [-0.2, -0.15) is 18.4 Å². The second kappa shape index (κ2) is 3.09. The Morgan fingerprint density at radius 3 is 2.54 bits per heavy atom. The molecule has 0 aromatic heterocycles. The second-order valence-corrected chi connectivity index (χ2v) is 2.34. The van der Waals surface area contributed by atoms with Gasteiger partial charge in [0, 0.05) is 6.20 Å². The van der Waals surface area contributed by atoms with E-state index in [9.17, 15) is 17.6 Å². The number of nitrogens with one attached hydrogen (secondary N) is 1. The van der Waals surface area contributed by atoms with E-state index in [0.29, 0.717) is 12.3 Å². The smallest absolute Gasteiger partial charge is 0.370 e. The Morgan fingerprint density at radius 2 is 2.08 bits per heavy atom. The number of nitriles is 1. The van der Waals surface area contributed by atoms with E-state index in [0.717, 1.165) is 0 Å². The van der Waals surface area contributed by atoms with Crippen molar-refractivity contribution in [2.24, 2.45) is 0 Å². The topological polar surface area (TPSA) is 35.8 Å². The van der Waals surface area contributed by atoms with E-state index in [4.69, 9.17) is 5.26 Å². The van der Waals surface area contributed by atoms with Crippen LogP contribution in [-0.2, 0) is 0 Å². The normalized spacial score (nSPS) is 22.5. The van der Waals surface area contributed by atoms with Gasteiger partial charge < -0.3 is 5.32 Å². The Balaban J connectivity index is 3.00. The van der Waals surface area contributed by atoms with Gasteiger partial charge >= 0.3 is 6.18 Å². The highest BCUT2D eigenvalue weighted by Crippen LogP contribution is 2.33. The third kappa shape index (κ3) is 1.99. The summed E-state index contributed by atoms with van der Waals surface area (Å²) in [4.78, 5) is 0. The standard InChI is InChI=1S/C7H4F4N2/c8-6-3-13-4(2-12)1-5(6)7(9,10)11/h1,3-4,13H. The first-order valence-electron chi connectivity index (χ1n) is 3.26. The fourth-order valence-corrected chi connectivity index (χ4v) is 0.840.